The number of fused-ring (bicyclic) bond motifs is 1. The Balaban J connectivity index is 0.00000267. The molecule has 2 aromatic carbocycles. The summed E-state index contributed by atoms with van der Waals surface area (Å²) in [4.78, 5) is 19.4. The Morgan fingerprint density at radius 2 is 2.10 bits per heavy atom. The quantitative estimate of drug-likeness (QED) is 0.288. The van der Waals surface area contributed by atoms with E-state index in [4.69, 9.17) is 21.1 Å². The second kappa shape index (κ2) is 14.9. The van der Waals surface area contributed by atoms with Crippen LogP contribution in [0.5, 0.6) is 5.75 Å². The molecule has 0 bridgehead atoms. The fraction of sp³-hybridized carbons (Fsp3) is 0.296. The highest BCUT2D eigenvalue weighted by atomic mass is 35.5. The molecule has 12 heteroatoms. The zero-order chi connectivity index (χ0) is 26.4. The van der Waals surface area contributed by atoms with E-state index in [1.54, 1.807) is 19.2 Å². The predicted molar refractivity (Wildman–Crippen MR) is 156 cm³/mol. The Morgan fingerprint density at radius 1 is 1.31 bits per heavy atom. The van der Waals surface area contributed by atoms with Crippen LogP contribution in [0.1, 0.15) is 18.4 Å². The van der Waals surface area contributed by atoms with Crippen molar-refractivity contribution in [2.24, 2.45) is 0 Å². The first-order valence-corrected chi connectivity index (χ1v) is 12.1. The summed E-state index contributed by atoms with van der Waals surface area (Å²) in [6, 6.07) is 10.0. The van der Waals surface area contributed by atoms with E-state index in [0.29, 0.717) is 52.9 Å². The van der Waals surface area contributed by atoms with Gasteiger partial charge < -0.3 is 20.1 Å². The summed E-state index contributed by atoms with van der Waals surface area (Å²) in [5, 5.41) is 16.2. The molecule has 2 N–H and O–H groups in total. The largest absolute Gasteiger partial charge is 0.494 e. The summed E-state index contributed by atoms with van der Waals surface area (Å²) in [6.07, 6.45) is 6.96. The van der Waals surface area contributed by atoms with Crippen LogP contribution >= 0.6 is 36.4 Å². The van der Waals surface area contributed by atoms with Gasteiger partial charge in [0.1, 0.15) is 17.6 Å². The molecule has 4 rings (SSSR count). The van der Waals surface area contributed by atoms with E-state index >= 15 is 0 Å². The van der Waals surface area contributed by atoms with Crippen LogP contribution in [0.25, 0.3) is 10.9 Å². The minimum atomic E-state index is -0.547. The maximum absolute atomic E-state index is 13.6. The number of amides is 1. The molecule has 1 fully saturated rings. The number of carbonyl (C=O) groups is 1. The van der Waals surface area contributed by atoms with Crippen LogP contribution < -0.4 is 15.4 Å². The third-order valence-corrected chi connectivity index (χ3v) is 6.51. The monoisotopic (exact) mass is 595 g/mol. The minimum Gasteiger partial charge on any atom is -0.494 e. The number of methoxy groups -OCH3 is 2. The first kappa shape index (κ1) is 32.1. The van der Waals surface area contributed by atoms with E-state index in [1.165, 1.54) is 37.6 Å². The molecule has 1 atom stereocenters. The van der Waals surface area contributed by atoms with Crippen molar-refractivity contribution in [2.75, 3.05) is 44.5 Å². The minimum absolute atomic E-state index is 0. The number of rotatable bonds is 9. The molecule has 208 valence electrons. The van der Waals surface area contributed by atoms with Crippen LogP contribution in [0.3, 0.4) is 0 Å². The van der Waals surface area contributed by atoms with Gasteiger partial charge in [0.05, 0.1) is 41.2 Å². The fourth-order valence-corrected chi connectivity index (χ4v) is 4.59. The Hall–Kier alpha value is -3.13. The zero-order valence-corrected chi connectivity index (χ0v) is 23.8. The average molecular weight is 597 g/mol. The number of benzene rings is 2. The maximum Gasteiger partial charge on any atom is 0.248 e. The van der Waals surface area contributed by atoms with Gasteiger partial charge in [0.15, 0.2) is 0 Å². The van der Waals surface area contributed by atoms with Crippen molar-refractivity contribution < 1.29 is 18.7 Å². The molecule has 1 aliphatic heterocycles. The van der Waals surface area contributed by atoms with Crippen molar-refractivity contribution in [3.63, 3.8) is 0 Å². The molecule has 1 aliphatic rings. The van der Waals surface area contributed by atoms with Gasteiger partial charge in [-0.3, -0.25) is 14.7 Å². The third-order valence-electron chi connectivity index (χ3n) is 6.22. The molecule has 0 saturated carbocycles. The maximum atomic E-state index is 13.6. The molecule has 1 amide bonds. The lowest BCUT2D eigenvalue weighted by molar-refractivity contribution is -0.111. The summed E-state index contributed by atoms with van der Waals surface area (Å²) in [5.41, 5.74) is 2.17. The number of hydrogen-bond acceptors (Lipinski definition) is 7. The smallest absolute Gasteiger partial charge is 0.248 e. The van der Waals surface area contributed by atoms with Gasteiger partial charge in [-0.2, -0.15) is 5.26 Å². The number of nitrogens with one attached hydrogen (secondary N) is 2. The molecular formula is C27H29Cl3FN5O3. The van der Waals surface area contributed by atoms with Gasteiger partial charge in [-0.1, -0.05) is 17.7 Å². The molecule has 8 nitrogen and oxygen atoms in total. The Morgan fingerprint density at radius 3 is 2.79 bits per heavy atom. The number of ether oxygens (including phenoxy) is 2. The number of pyridine rings is 1. The van der Waals surface area contributed by atoms with Gasteiger partial charge in [-0.05, 0) is 43.7 Å². The van der Waals surface area contributed by atoms with Crippen molar-refractivity contribution in [1.82, 2.24) is 9.88 Å². The number of carbonyl (C=O) groups excluding carboxylic acids is 1. The number of halogens is 4. The summed E-state index contributed by atoms with van der Waals surface area (Å²) >= 11 is 5.93. The first-order valence-electron chi connectivity index (χ1n) is 11.8. The molecule has 0 spiro atoms. The van der Waals surface area contributed by atoms with Crippen LogP contribution in [0, 0.1) is 17.1 Å². The molecule has 0 unspecified atom stereocenters. The van der Waals surface area contributed by atoms with Gasteiger partial charge in [0, 0.05) is 49.1 Å². The van der Waals surface area contributed by atoms with Crippen molar-refractivity contribution in [3.05, 3.63) is 65.1 Å². The zero-order valence-electron chi connectivity index (χ0n) is 21.4. The lowest BCUT2D eigenvalue weighted by atomic mass is 10.1. The van der Waals surface area contributed by atoms with E-state index < -0.39 is 5.82 Å². The van der Waals surface area contributed by atoms with E-state index in [2.05, 4.69) is 26.6 Å². The average Bonchev–Trinajstić information content (AvgIpc) is 3.33. The Labute approximate surface area is 243 Å². The molecule has 3 aromatic rings. The van der Waals surface area contributed by atoms with Crippen LogP contribution in [-0.4, -0.2) is 55.7 Å². The van der Waals surface area contributed by atoms with Crippen LogP contribution in [0.2, 0.25) is 5.02 Å². The summed E-state index contributed by atoms with van der Waals surface area (Å²) in [5.74, 6) is -0.444. The standard InChI is InChI=1S/C27H27ClFN5O3.2ClH/c1-36-16-19-5-3-9-34(19)10-4-6-26(35)33-24-12-20-23(13-25(24)37-2)31-15-17(14-30)27(20)32-18-7-8-22(29)21(28)11-18;;/h4,6-8,11-13,15,19H,3,5,9-10,16H2,1-2H3,(H,31,32)(H,33,35);2*1H/t19-;;/m0../s1. The SMILES string of the molecule is COC[C@@H]1CCCN1CC=CC(=O)Nc1cc2c(Nc3ccc(F)c(Cl)c3)c(C#N)cnc2cc1OC.Cl.Cl. The van der Waals surface area contributed by atoms with E-state index in [0.717, 1.165) is 19.4 Å². The summed E-state index contributed by atoms with van der Waals surface area (Å²) < 4.78 is 24.4. The number of aromatic nitrogens is 1. The molecule has 1 saturated heterocycles. The summed E-state index contributed by atoms with van der Waals surface area (Å²) in [6.45, 7) is 2.30. The Kier molecular flexibility index (Phi) is 12.2. The number of hydrogen-bond donors (Lipinski definition) is 2. The number of nitrogens with zero attached hydrogens (tertiary/aromatic N) is 3. The number of anilines is 3. The van der Waals surface area contributed by atoms with Crippen molar-refractivity contribution in [1.29, 1.82) is 5.26 Å². The van der Waals surface area contributed by atoms with Crippen molar-refractivity contribution >= 4 is 70.3 Å². The van der Waals surface area contributed by atoms with E-state index in [9.17, 15) is 14.4 Å². The Bertz CT molecular complexity index is 1380. The molecule has 1 aromatic heterocycles. The third kappa shape index (κ3) is 7.72. The predicted octanol–water partition coefficient (Wildman–Crippen LogP) is 6.10. The molecule has 2 heterocycles. The molecular weight excluding hydrogens is 568 g/mol. The van der Waals surface area contributed by atoms with Crippen LogP contribution in [0.15, 0.2) is 48.7 Å². The van der Waals surface area contributed by atoms with Gasteiger partial charge >= 0.3 is 0 Å². The highest BCUT2D eigenvalue weighted by molar-refractivity contribution is 6.31. The van der Waals surface area contributed by atoms with Gasteiger partial charge in [0.2, 0.25) is 5.91 Å². The molecule has 0 aliphatic carbocycles. The second-order valence-electron chi connectivity index (χ2n) is 8.62. The van der Waals surface area contributed by atoms with Gasteiger partial charge in [0.25, 0.3) is 0 Å². The number of nitriles is 1. The van der Waals surface area contributed by atoms with Gasteiger partial charge in [-0.15, -0.1) is 24.8 Å². The second-order valence-corrected chi connectivity index (χ2v) is 9.03. The van der Waals surface area contributed by atoms with Gasteiger partial charge in [-0.25, -0.2) is 4.39 Å². The normalized spacial score (nSPS) is 14.9. The number of likely N-dealkylation sites (tertiary alicyclic amines) is 1. The van der Waals surface area contributed by atoms with Crippen LogP contribution in [-0.2, 0) is 9.53 Å². The topological polar surface area (TPSA) is 99.5 Å². The lowest BCUT2D eigenvalue weighted by Crippen LogP contribution is -2.33. The van der Waals surface area contributed by atoms with E-state index in [-0.39, 0.29) is 41.3 Å². The highest BCUT2D eigenvalue weighted by Gasteiger charge is 2.23. The lowest BCUT2D eigenvalue weighted by Gasteiger charge is -2.21. The summed E-state index contributed by atoms with van der Waals surface area (Å²) in [7, 11) is 3.20. The van der Waals surface area contributed by atoms with E-state index in [1.807, 2.05) is 6.08 Å². The first-order chi connectivity index (χ1) is 17.9. The van der Waals surface area contributed by atoms with Crippen molar-refractivity contribution in [2.45, 2.75) is 18.9 Å². The van der Waals surface area contributed by atoms with Crippen molar-refractivity contribution in [3.8, 4) is 11.8 Å². The fourth-order valence-electron chi connectivity index (χ4n) is 4.41. The van der Waals surface area contributed by atoms with Crippen LogP contribution in [0.4, 0.5) is 21.5 Å². The molecule has 39 heavy (non-hydrogen) atoms. The molecule has 0 radical (unpaired) electrons. The highest BCUT2D eigenvalue weighted by Crippen LogP contribution is 2.36.